The van der Waals surface area contributed by atoms with Crippen molar-refractivity contribution >= 4 is 0 Å². The van der Waals surface area contributed by atoms with Gasteiger partial charge in [-0.05, 0) is 46.1 Å². The van der Waals surface area contributed by atoms with Gasteiger partial charge in [0, 0.05) is 24.2 Å². The van der Waals surface area contributed by atoms with Crippen LogP contribution in [0.15, 0.2) is 0 Å². The van der Waals surface area contributed by atoms with Crippen LogP contribution in [0.2, 0.25) is 0 Å². The van der Waals surface area contributed by atoms with Crippen LogP contribution >= 0.6 is 0 Å². The van der Waals surface area contributed by atoms with E-state index in [2.05, 4.69) is 51.8 Å². The molecule has 0 radical (unpaired) electrons. The van der Waals surface area contributed by atoms with E-state index in [0.29, 0.717) is 17.6 Å². The highest BCUT2D eigenvalue weighted by Gasteiger charge is 2.38. The first-order chi connectivity index (χ1) is 7.94. The van der Waals surface area contributed by atoms with Crippen molar-refractivity contribution in [3.05, 3.63) is 0 Å². The minimum Gasteiger partial charge on any atom is -0.314 e. The third-order valence-corrected chi connectivity index (χ3v) is 4.67. The topological polar surface area (TPSA) is 15.3 Å². The van der Waals surface area contributed by atoms with Gasteiger partial charge in [-0.3, -0.25) is 4.90 Å². The zero-order chi connectivity index (χ0) is 13.1. The normalized spacial score (nSPS) is 31.8. The molecule has 0 spiro atoms. The van der Waals surface area contributed by atoms with E-state index in [-0.39, 0.29) is 0 Å². The number of nitrogens with one attached hydrogen (secondary N) is 1. The maximum atomic E-state index is 3.64. The van der Waals surface area contributed by atoms with Crippen molar-refractivity contribution < 1.29 is 0 Å². The second kappa shape index (κ2) is 6.19. The lowest BCUT2D eigenvalue weighted by atomic mass is 9.82. The van der Waals surface area contributed by atoms with Crippen molar-refractivity contribution in [2.24, 2.45) is 5.92 Å². The van der Waals surface area contributed by atoms with Gasteiger partial charge in [0.25, 0.3) is 0 Å². The van der Waals surface area contributed by atoms with Crippen molar-refractivity contribution in [3.8, 4) is 0 Å². The van der Waals surface area contributed by atoms with Gasteiger partial charge in [0.05, 0.1) is 0 Å². The van der Waals surface area contributed by atoms with E-state index >= 15 is 0 Å². The maximum Gasteiger partial charge on any atom is 0.0156 e. The molecule has 1 heterocycles. The largest absolute Gasteiger partial charge is 0.314 e. The molecule has 1 aliphatic heterocycles. The standard InChI is InChI=1S/C15H32N2/c1-7-10-15(5,6)17-11-9-14(16-8-2)12(3)13(17)4/h12-14,16H,7-11H2,1-6H3. The summed E-state index contributed by atoms with van der Waals surface area (Å²) in [7, 11) is 0. The summed E-state index contributed by atoms with van der Waals surface area (Å²) in [5.41, 5.74) is 0.361. The van der Waals surface area contributed by atoms with E-state index in [1.165, 1.54) is 25.8 Å². The van der Waals surface area contributed by atoms with E-state index in [9.17, 15) is 0 Å². The maximum absolute atomic E-state index is 3.64. The SMILES string of the molecule is CCCC(C)(C)N1CCC(NCC)C(C)C1C. The van der Waals surface area contributed by atoms with Crippen LogP contribution in [0.4, 0.5) is 0 Å². The van der Waals surface area contributed by atoms with Crippen LogP contribution in [0.25, 0.3) is 0 Å². The molecule has 0 aromatic carbocycles. The number of piperidine rings is 1. The fourth-order valence-corrected chi connectivity index (χ4v) is 3.52. The van der Waals surface area contributed by atoms with Gasteiger partial charge in [-0.1, -0.05) is 27.2 Å². The van der Waals surface area contributed by atoms with Gasteiger partial charge in [-0.2, -0.15) is 0 Å². The second-order valence-corrected chi connectivity index (χ2v) is 6.31. The third-order valence-electron chi connectivity index (χ3n) is 4.67. The molecule has 2 nitrogen and oxygen atoms in total. The first-order valence-electron chi connectivity index (χ1n) is 7.44. The zero-order valence-corrected chi connectivity index (χ0v) is 12.7. The van der Waals surface area contributed by atoms with Crippen LogP contribution in [-0.2, 0) is 0 Å². The van der Waals surface area contributed by atoms with Crippen molar-refractivity contribution in [2.45, 2.75) is 78.4 Å². The Kier molecular flexibility index (Phi) is 5.46. The van der Waals surface area contributed by atoms with E-state index in [0.717, 1.165) is 12.5 Å². The fourth-order valence-electron chi connectivity index (χ4n) is 3.52. The average Bonchev–Trinajstić information content (AvgIpc) is 2.24. The zero-order valence-electron chi connectivity index (χ0n) is 12.7. The Morgan fingerprint density at radius 1 is 1.24 bits per heavy atom. The Morgan fingerprint density at radius 3 is 2.41 bits per heavy atom. The molecular weight excluding hydrogens is 208 g/mol. The van der Waals surface area contributed by atoms with E-state index in [1.807, 2.05) is 0 Å². The number of nitrogens with zero attached hydrogens (tertiary/aromatic N) is 1. The molecule has 1 saturated heterocycles. The van der Waals surface area contributed by atoms with Crippen LogP contribution in [-0.4, -0.2) is 35.6 Å². The predicted octanol–water partition coefficient (Wildman–Crippen LogP) is 3.27. The van der Waals surface area contributed by atoms with Crippen molar-refractivity contribution in [1.82, 2.24) is 10.2 Å². The Balaban J connectivity index is 2.67. The highest BCUT2D eigenvalue weighted by atomic mass is 15.2. The number of rotatable bonds is 5. The lowest BCUT2D eigenvalue weighted by Crippen LogP contribution is -2.59. The first-order valence-corrected chi connectivity index (χ1v) is 7.44. The molecule has 0 amide bonds. The molecule has 1 N–H and O–H groups in total. The Bertz CT molecular complexity index is 225. The second-order valence-electron chi connectivity index (χ2n) is 6.31. The summed E-state index contributed by atoms with van der Waals surface area (Å²) >= 11 is 0. The van der Waals surface area contributed by atoms with Crippen LogP contribution < -0.4 is 5.32 Å². The molecule has 17 heavy (non-hydrogen) atoms. The minimum atomic E-state index is 0.361. The van der Waals surface area contributed by atoms with E-state index in [4.69, 9.17) is 0 Å². The van der Waals surface area contributed by atoms with Gasteiger partial charge < -0.3 is 5.32 Å². The van der Waals surface area contributed by atoms with Crippen molar-refractivity contribution in [1.29, 1.82) is 0 Å². The lowest BCUT2D eigenvalue weighted by Gasteiger charge is -2.50. The third kappa shape index (κ3) is 3.45. The van der Waals surface area contributed by atoms with E-state index < -0.39 is 0 Å². The summed E-state index contributed by atoms with van der Waals surface area (Å²) in [6.07, 6.45) is 3.88. The molecule has 0 aliphatic carbocycles. The van der Waals surface area contributed by atoms with Crippen LogP contribution in [0, 0.1) is 5.92 Å². The molecule has 1 fully saturated rings. The number of hydrogen-bond donors (Lipinski definition) is 1. The summed E-state index contributed by atoms with van der Waals surface area (Å²) in [6, 6.07) is 1.40. The highest BCUT2D eigenvalue weighted by Crippen LogP contribution is 2.32. The molecule has 3 unspecified atom stereocenters. The highest BCUT2D eigenvalue weighted by molar-refractivity contribution is 4.94. The molecule has 0 aromatic rings. The van der Waals surface area contributed by atoms with Gasteiger partial charge in [0.2, 0.25) is 0 Å². The Morgan fingerprint density at radius 2 is 1.88 bits per heavy atom. The molecule has 0 aromatic heterocycles. The molecule has 102 valence electrons. The molecular formula is C15H32N2. The Hall–Kier alpha value is -0.0800. The summed E-state index contributed by atoms with van der Waals surface area (Å²) in [6.45, 7) is 16.5. The van der Waals surface area contributed by atoms with E-state index in [1.54, 1.807) is 0 Å². The lowest BCUT2D eigenvalue weighted by molar-refractivity contribution is 0.000483. The molecule has 0 saturated carbocycles. The van der Waals surface area contributed by atoms with Gasteiger partial charge >= 0.3 is 0 Å². The van der Waals surface area contributed by atoms with Gasteiger partial charge in [-0.25, -0.2) is 0 Å². The Labute approximate surface area is 108 Å². The van der Waals surface area contributed by atoms with Gasteiger partial charge in [0.15, 0.2) is 0 Å². The smallest absolute Gasteiger partial charge is 0.0156 e. The molecule has 0 bridgehead atoms. The summed E-state index contributed by atoms with van der Waals surface area (Å²) < 4.78 is 0. The van der Waals surface area contributed by atoms with Crippen LogP contribution in [0.5, 0.6) is 0 Å². The fraction of sp³-hybridized carbons (Fsp3) is 1.00. The first kappa shape index (κ1) is 15.0. The van der Waals surface area contributed by atoms with Crippen molar-refractivity contribution in [3.63, 3.8) is 0 Å². The van der Waals surface area contributed by atoms with Crippen LogP contribution in [0.1, 0.15) is 60.8 Å². The quantitative estimate of drug-likeness (QED) is 0.793. The average molecular weight is 240 g/mol. The molecule has 3 atom stereocenters. The van der Waals surface area contributed by atoms with Crippen LogP contribution in [0.3, 0.4) is 0 Å². The molecule has 1 aliphatic rings. The minimum absolute atomic E-state index is 0.361. The van der Waals surface area contributed by atoms with Gasteiger partial charge in [-0.15, -0.1) is 0 Å². The molecule has 1 rings (SSSR count). The number of hydrogen-bond acceptors (Lipinski definition) is 2. The number of likely N-dealkylation sites (tertiary alicyclic amines) is 1. The summed E-state index contributed by atoms with van der Waals surface area (Å²) in [5, 5.41) is 3.64. The predicted molar refractivity (Wildman–Crippen MR) is 76.4 cm³/mol. The monoisotopic (exact) mass is 240 g/mol. The summed E-state index contributed by atoms with van der Waals surface area (Å²) in [5.74, 6) is 0.750. The van der Waals surface area contributed by atoms with Gasteiger partial charge in [0.1, 0.15) is 0 Å². The van der Waals surface area contributed by atoms with Crippen molar-refractivity contribution in [2.75, 3.05) is 13.1 Å². The molecule has 2 heteroatoms. The summed E-state index contributed by atoms with van der Waals surface area (Å²) in [4.78, 5) is 2.73.